The van der Waals surface area contributed by atoms with Crippen LogP contribution in [-0.4, -0.2) is 22.6 Å². The Labute approximate surface area is 121 Å². The van der Waals surface area contributed by atoms with Gasteiger partial charge >= 0.3 is 0 Å². The fourth-order valence-corrected chi connectivity index (χ4v) is 1.87. The number of rotatable bonds is 5. The summed E-state index contributed by atoms with van der Waals surface area (Å²) in [5.74, 6) is 1.70. The highest BCUT2D eigenvalue weighted by Gasteiger charge is 2.08. The highest BCUT2D eigenvalue weighted by atomic mass is 79.9. The number of para-hydroxylation sites is 1. The minimum Gasteiger partial charge on any atom is -0.491 e. The fourth-order valence-electron chi connectivity index (χ4n) is 1.59. The molecule has 0 bridgehead atoms. The third-order valence-electron chi connectivity index (χ3n) is 2.65. The summed E-state index contributed by atoms with van der Waals surface area (Å²) in [6.07, 6.45) is 1.53. The van der Waals surface area contributed by atoms with Crippen LogP contribution in [0.15, 0.2) is 41.3 Å². The molecule has 19 heavy (non-hydrogen) atoms. The van der Waals surface area contributed by atoms with Gasteiger partial charge in [-0.1, -0.05) is 18.2 Å². The molecule has 0 saturated heterocycles. The van der Waals surface area contributed by atoms with E-state index in [9.17, 15) is 0 Å². The minimum absolute atomic E-state index is 0.153. The van der Waals surface area contributed by atoms with Crippen LogP contribution in [0.3, 0.4) is 0 Å². The summed E-state index contributed by atoms with van der Waals surface area (Å²) < 4.78 is 6.50. The lowest BCUT2D eigenvalue weighted by Gasteiger charge is -2.17. The molecule has 0 saturated carbocycles. The summed E-state index contributed by atoms with van der Waals surface area (Å²) in [6, 6.07) is 9.92. The molecule has 0 amide bonds. The maximum absolute atomic E-state index is 5.69. The van der Waals surface area contributed by atoms with Crippen LogP contribution < -0.4 is 10.1 Å². The molecular formula is C14H16BrN3O. The van der Waals surface area contributed by atoms with E-state index in [4.69, 9.17) is 4.74 Å². The second kappa shape index (κ2) is 6.52. The highest BCUT2D eigenvalue weighted by molar-refractivity contribution is 9.10. The summed E-state index contributed by atoms with van der Waals surface area (Å²) in [6.45, 7) is 4.60. The number of nitrogens with one attached hydrogen (secondary N) is 1. The van der Waals surface area contributed by atoms with E-state index in [2.05, 4.69) is 38.1 Å². The molecule has 2 rings (SSSR count). The average molecular weight is 322 g/mol. The van der Waals surface area contributed by atoms with Gasteiger partial charge in [0.2, 0.25) is 0 Å². The molecule has 4 nitrogen and oxygen atoms in total. The Bertz CT molecular complexity index is 533. The van der Waals surface area contributed by atoms with Gasteiger partial charge in [-0.3, -0.25) is 0 Å². The van der Waals surface area contributed by atoms with Crippen LogP contribution in [0.2, 0.25) is 0 Å². The molecule has 100 valence electrons. The molecule has 0 aliphatic rings. The van der Waals surface area contributed by atoms with Gasteiger partial charge in [0.25, 0.3) is 0 Å². The third kappa shape index (κ3) is 3.92. The zero-order valence-corrected chi connectivity index (χ0v) is 12.5. The minimum atomic E-state index is 0.153. The van der Waals surface area contributed by atoms with Crippen LogP contribution in [0.1, 0.15) is 12.5 Å². The summed E-state index contributed by atoms with van der Waals surface area (Å²) in [5.41, 5.74) is 0.995. The molecule has 1 unspecified atom stereocenters. The second-order valence-electron chi connectivity index (χ2n) is 4.31. The molecule has 0 radical (unpaired) electrons. The zero-order valence-electron chi connectivity index (χ0n) is 10.9. The predicted molar refractivity (Wildman–Crippen MR) is 79.5 cm³/mol. The van der Waals surface area contributed by atoms with Crippen molar-refractivity contribution in [1.29, 1.82) is 0 Å². The summed E-state index contributed by atoms with van der Waals surface area (Å²) >= 11 is 3.39. The lowest BCUT2D eigenvalue weighted by molar-refractivity contribution is 0.303. The number of ether oxygens (including phenoxy) is 1. The number of anilines is 1. The van der Waals surface area contributed by atoms with Crippen molar-refractivity contribution >= 4 is 21.7 Å². The monoisotopic (exact) mass is 321 g/mol. The smallest absolute Gasteiger partial charge is 0.133 e. The molecule has 0 fully saturated rings. The van der Waals surface area contributed by atoms with E-state index in [0.29, 0.717) is 6.61 Å². The summed E-state index contributed by atoms with van der Waals surface area (Å²) in [4.78, 5) is 8.30. The third-order valence-corrected chi connectivity index (χ3v) is 3.45. The molecule has 1 heterocycles. The van der Waals surface area contributed by atoms with Crippen molar-refractivity contribution in [2.24, 2.45) is 0 Å². The Morgan fingerprint density at radius 2 is 2.00 bits per heavy atom. The quantitative estimate of drug-likeness (QED) is 0.857. The van der Waals surface area contributed by atoms with E-state index in [-0.39, 0.29) is 6.04 Å². The lowest BCUT2D eigenvalue weighted by Crippen LogP contribution is -2.24. The van der Waals surface area contributed by atoms with Gasteiger partial charge in [0.15, 0.2) is 0 Å². The fraction of sp³-hybridized carbons (Fsp3) is 0.286. The van der Waals surface area contributed by atoms with E-state index in [1.165, 1.54) is 6.33 Å². The topological polar surface area (TPSA) is 47.0 Å². The Balaban J connectivity index is 1.91. The van der Waals surface area contributed by atoms with Gasteiger partial charge in [-0.05, 0) is 41.9 Å². The Morgan fingerprint density at radius 1 is 1.26 bits per heavy atom. The molecular weight excluding hydrogens is 306 g/mol. The molecule has 0 aliphatic heterocycles. The van der Waals surface area contributed by atoms with Crippen molar-refractivity contribution in [2.75, 3.05) is 11.9 Å². The predicted octanol–water partition coefficient (Wildman–Crippen LogP) is 3.43. The van der Waals surface area contributed by atoms with E-state index in [1.807, 2.05) is 37.3 Å². The van der Waals surface area contributed by atoms with Crippen LogP contribution in [-0.2, 0) is 0 Å². The lowest BCUT2D eigenvalue weighted by atomic mass is 10.3. The van der Waals surface area contributed by atoms with E-state index >= 15 is 0 Å². The zero-order chi connectivity index (χ0) is 13.7. The van der Waals surface area contributed by atoms with Crippen molar-refractivity contribution in [2.45, 2.75) is 19.9 Å². The summed E-state index contributed by atoms with van der Waals surface area (Å²) in [5, 5.41) is 3.32. The van der Waals surface area contributed by atoms with Crippen LogP contribution in [0.4, 0.5) is 5.82 Å². The first-order chi connectivity index (χ1) is 9.16. The van der Waals surface area contributed by atoms with E-state index < -0.39 is 0 Å². The van der Waals surface area contributed by atoms with Gasteiger partial charge in [-0.25, -0.2) is 9.97 Å². The largest absolute Gasteiger partial charge is 0.491 e. The number of halogens is 1. The molecule has 0 aliphatic carbocycles. The molecule has 2 aromatic rings. The van der Waals surface area contributed by atoms with Gasteiger partial charge in [0.05, 0.1) is 6.04 Å². The van der Waals surface area contributed by atoms with Crippen LogP contribution in [0.25, 0.3) is 0 Å². The number of aromatic nitrogens is 2. The molecule has 1 N–H and O–H groups in total. The Kier molecular flexibility index (Phi) is 4.74. The van der Waals surface area contributed by atoms with Crippen molar-refractivity contribution < 1.29 is 4.74 Å². The SMILES string of the molecule is Cc1c(Br)ncnc1NC(C)COc1ccccc1. The van der Waals surface area contributed by atoms with Crippen LogP contribution >= 0.6 is 15.9 Å². The molecule has 0 spiro atoms. The molecule has 5 heteroatoms. The van der Waals surface area contributed by atoms with Crippen molar-refractivity contribution in [3.63, 3.8) is 0 Å². The van der Waals surface area contributed by atoms with Crippen molar-refractivity contribution in [3.05, 3.63) is 46.8 Å². The van der Waals surface area contributed by atoms with Gasteiger partial charge in [-0.2, -0.15) is 0 Å². The van der Waals surface area contributed by atoms with Gasteiger partial charge < -0.3 is 10.1 Å². The molecule has 1 aromatic heterocycles. The van der Waals surface area contributed by atoms with E-state index in [1.54, 1.807) is 0 Å². The number of nitrogens with zero attached hydrogens (tertiary/aromatic N) is 2. The maximum Gasteiger partial charge on any atom is 0.133 e. The van der Waals surface area contributed by atoms with Gasteiger partial charge in [0, 0.05) is 5.56 Å². The summed E-state index contributed by atoms with van der Waals surface area (Å²) in [7, 11) is 0. The normalized spacial score (nSPS) is 11.9. The maximum atomic E-state index is 5.69. The first-order valence-electron chi connectivity index (χ1n) is 6.08. The highest BCUT2D eigenvalue weighted by Crippen LogP contribution is 2.19. The van der Waals surface area contributed by atoms with Gasteiger partial charge in [-0.15, -0.1) is 0 Å². The standard InChI is InChI=1S/C14H16BrN3O/c1-10(8-19-12-6-4-3-5-7-12)18-14-11(2)13(15)16-9-17-14/h3-7,9-10H,8H2,1-2H3,(H,16,17,18). The van der Waals surface area contributed by atoms with Gasteiger partial charge in [0.1, 0.15) is 29.1 Å². The van der Waals surface area contributed by atoms with Crippen molar-refractivity contribution in [3.8, 4) is 5.75 Å². The Hall–Kier alpha value is -1.62. The number of hydrogen-bond acceptors (Lipinski definition) is 4. The van der Waals surface area contributed by atoms with E-state index in [0.717, 1.165) is 21.7 Å². The molecule has 1 atom stereocenters. The van der Waals surface area contributed by atoms with Crippen molar-refractivity contribution in [1.82, 2.24) is 9.97 Å². The van der Waals surface area contributed by atoms with Crippen LogP contribution in [0, 0.1) is 6.92 Å². The van der Waals surface area contributed by atoms with Crippen LogP contribution in [0.5, 0.6) is 5.75 Å². The first kappa shape index (κ1) is 13.8. The second-order valence-corrected chi connectivity index (χ2v) is 5.06. The first-order valence-corrected chi connectivity index (χ1v) is 6.87. The number of hydrogen-bond donors (Lipinski definition) is 1. The Morgan fingerprint density at radius 3 is 2.74 bits per heavy atom. The molecule has 1 aromatic carbocycles. The number of benzene rings is 1. The average Bonchev–Trinajstić information content (AvgIpc) is 2.43.